The van der Waals surface area contributed by atoms with Gasteiger partial charge in [-0.1, -0.05) is 39.1 Å². The Morgan fingerprint density at radius 2 is 1.62 bits per heavy atom. The molecular formula is C28H25BrCl2N2O4. The lowest BCUT2D eigenvalue weighted by Crippen LogP contribution is -2.37. The molecular weight excluding hydrogens is 579 g/mol. The normalized spacial score (nSPS) is 18.1. The number of hydrogen-bond acceptors (Lipinski definition) is 5. The number of allylic oxidation sites excluding steroid dienone is 4. The molecule has 9 heteroatoms. The first-order chi connectivity index (χ1) is 17.7. The molecule has 1 aliphatic heterocycles. The minimum absolute atomic E-state index is 0.0614. The zero-order valence-corrected chi connectivity index (χ0v) is 23.3. The van der Waals surface area contributed by atoms with Crippen LogP contribution in [-0.4, -0.2) is 36.0 Å². The number of anilines is 1. The topological polar surface area (TPSA) is 75.7 Å². The van der Waals surface area contributed by atoms with E-state index in [1.165, 1.54) is 0 Å². The molecule has 0 unspecified atom stereocenters. The number of ketones is 2. The maximum Gasteiger partial charge on any atom is 0.262 e. The number of ether oxygens (including phenoxy) is 1. The Labute approximate surface area is 233 Å². The molecule has 1 amide bonds. The van der Waals surface area contributed by atoms with Crippen LogP contribution in [0.3, 0.4) is 0 Å². The summed E-state index contributed by atoms with van der Waals surface area (Å²) >= 11 is 15.6. The van der Waals surface area contributed by atoms with Crippen molar-refractivity contribution in [2.24, 2.45) is 0 Å². The van der Waals surface area contributed by atoms with E-state index in [9.17, 15) is 14.4 Å². The fourth-order valence-corrected chi connectivity index (χ4v) is 6.13. The fourth-order valence-electron chi connectivity index (χ4n) is 5.45. The highest BCUT2D eigenvalue weighted by atomic mass is 79.9. The van der Waals surface area contributed by atoms with E-state index < -0.39 is 5.92 Å². The second-order valence-corrected chi connectivity index (χ2v) is 11.1. The zero-order chi connectivity index (χ0) is 26.3. The molecule has 2 aromatic rings. The molecule has 0 radical (unpaired) electrons. The van der Waals surface area contributed by atoms with Crippen molar-refractivity contribution in [3.63, 3.8) is 0 Å². The van der Waals surface area contributed by atoms with Crippen LogP contribution in [0.2, 0.25) is 10.0 Å². The monoisotopic (exact) mass is 602 g/mol. The predicted molar refractivity (Wildman–Crippen MR) is 147 cm³/mol. The van der Waals surface area contributed by atoms with Gasteiger partial charge in [0.05, 0.1) is 10.0 Å². The first-order valence-electron chi connectivity index (χ1n) is 12.2. The SMILES string of the molecule is CN1C2=C(C(=O)CCC2)C(c2cc(Br)ccc2OCC(=O)Nc2ccc(Cl)c(Cl)c2)C2=C1CCCC2=O. The van der Waals surface area contributed by atoms with E-state index in [2.05, 4.69) is 26.1 Å². The summed E-state index contributed by atoms with van der Waals surface area (Å²) in [5.74, 6) is -0.319. The molecule has 6 nitrogen and oxygen atoms in total. The molecule has 0 spiro atoms. The number of hydrogen-bond donors (Lipinski definition) is 1. The van der Waals surface area contributed by atoms with Gasteiger partial charge >= 0.3 is 0 Å². The molecule has 0 aromatic heterocycles. The van der Waals surface area contributed by atoms with Crippen LogP contribution >= 0.6 is 39.1 Å². The number of Topliss-reactive ketones (excluding diaryl/α,β-unsaturated/α-hetero) is 2. The van der Waals surface area contributed by atoms with Gasteiger partial charge in [-0.3, -0.25) is 14.4 Å². The van der Waals surface area contributed by atoms with Crippen LogP contribution in [0.25, 0.3) is 0 Å². The van der Waals surface area contributed by atoms with Crippen LogP contribution in [0.4, 0.5) is 5.69 Å². The molecule has 2 aromatic carbocycles. The van der Waals surface area contributed by atoms with Gasteiger partial charge in [0.1, 0.15) is 5.75 Å². The number of benzene rings is 2. The van der Waals surface area contributed by atoms with Gasteiger partial charge in [-0.2, -0.15) is 0 Å². The highest BCUT2D eigenvalue weighted by Crippen LogP contribution is 2.50. The molecule has 3 aliphatic rings. The molecule has 0 saturated heterocycles. The van der Waals surface area contributed by atoms with Gasteiger partial charge < -0.3 is 15.0 Å². The van der Waals surface area contributed by atoms with Gasteiger partial charge in [-0.15, -0.1) is 0 Å². The third kappa shape index (κ3) is 5.09. The Hall–Kier alpha value is -2.61. The lowest BCUT2D eigenvalue weighted by Gasteiger charge is -2.42. The summed E-state index contributed by atoms with van der Waals surface area (Å²) in [6, 6.07) is 10.3. The molecule has 0 fully saturated rings. The van der Waals surface area contributed by atoms with E-state index in [1.807, 2.05) is 19.2 Å². The van der Waals surface area contributed by atoms with Crippen LogP contribution in [0.5, 0.6) is 5.75 Å². The van der Waals surface area contributed by atoms with Gasteiger partial charge in [0.2, 0.25) is 0 Å². The maximum atomic E-state index is 13.3. The predicted octanol–water partition coefficient (Wildman–Crippen LogP) is 6.82. The number of rotatable bonds is 5. The van der Waals surface area contributed by atoms with Crippen molar-refractivity contribution in [2.45, 2.75) is 44.4 Å². The van der Waals surface area contributed by atoms with Gasteiger partial charge in [-0.25, -0.2) is 0 Å². The Bertz CT molecular complexity index is 1340. The standard InChI is InChI=1S/C28H25BrCl2N2O4/c1-33-20-4-2-6-22(34)27(20)26(28-21(33)5-3-7-23(28)35)17-12-15(29)8-11-24(17)37-14-25(36)32-16-9-10-18(30)19(31)13-16/h8-13,26H,2-7,14H2,1H3,(H,32,36). The van der Waals surface area contributed by atoms with Crippen molar-refractivity contribution >= 4 is 62.3 Å². The van der Waals surface area contributed by atoms with Crippen molar-refractivity contribution in [1.29, 1.82) is 0 Å². The Balaban J connectivity index is 1.50. The summed E-state index contributed by atoms with van der Waals surface area (Å²) in [6.45, 7) is -0.263. The van der Waals surface area contributed by atoms with E-state index >= 15 is 0 Å². The number of halogens is 3. The fraction of sp³-hybridized carbons (Fsp3) is 0.321. The molecule has 1 N–H and O–H groups in total. The molecule has 0 atom stereocenters. The van der Waals surface area contributed by atoms with Gasteiger partial charge in [0.15, 0.2) is 18.2 Å². The summed E-state index contributed by atoms with van der Waals surface area (Å²) < 4.78 is 6.81. The van der Waals surface area contributed by atoms with E-state index in [0.29, 0.717) is 51.0 Å². The Kier molecular flexibility index (Phi) is 7.48. The maximum absolute atomic E-state index is 13.3. The largest absolute Gasteiger partial charge is 0.483 e. The van der Waals surface area contributed by atoms with Crippen molar-refractivity contribution in [1.82, 2.24) is 4.90 Å². The lowest BCUT2D eigenvalue weighted by atomic mass is 9.71. The van der Waals surface area contributed by atoms with E-state index in [4.69, 9.17) is 27.9 Å². The van der Waals surface area contributed by atoms with E-state index in [0.717, 1.165) is 41.6 Å². The average Bonchev–Trinajstić information content (AvgIpc) is 2.87. The molecule has 0 saturated carbocycles. The molecule has 5 rings (SSSR count). The molecule has 1 heterocycles. The molecule has 2 aliphatic carbocycles. The van der Waals surface area contributed by atoms with Crippen LogP contribution in [0, 0.1) is 0 Å². The number of carbonyl (C=O) groups is 3. The summed E-state index contributed by atoms with van der Waals surface area (Å²) in [6.07, 6.45) is 4.07. The minimum Gasteiger partial charge on any atom is -0.483 e. The van der Waals surface area contributed by atoms with Gasteiger partial charge in [-0.05, 0) is 62.1 Å². The highest BCUT2D eigenvalue weighted by molar-refractivity contribution is 9.10. The summed E-state index contributed by atoms with van der Waals surface area (Å²) in [5.41, 5.74) is 4.52. The first kappa shape index (κ1) is 26.0. The van der Waals surface area contributed by atoms with E-state index in [-0.39, 0.29) is 24.1 Å². The van der Waals surface area contributed by atoms with Crippen molar-refractivity contribution in [3.05, 3.63) is 79.0 Å². The van der Waals surface area contributed by atoms with Crippen LogP contribution in [0.15, 0.2) is 63.4 Å². The van der Waals surface area contributed by atoms with Crippen LogP contribution in [0.1, 0.15) is 50.0 Å². The van der Waals surface area contributed by atoms with Crippen molar-refractivity contribution in [2.75, 3.05) is 19.0 Å². The second kappa shape index (κ2) is 10.6. The summed E-state index contributed by atoms with van der Waals surface area (Å²) in [7, 11) is 1.96. The summed E-state index contributed by atoms with van der Waals surface area (Å²) in [4.78, 5) is 41.4. The minimum atomic E-state index is -0.521. The smallest absolute Gasteiger partial charge is 0.262 e. The number of nitrogens with one attached hydrogen (secondary N) is 1. The lowest BCUT2D eigenvalue weighted by molar-refractivity contribution is -0.119. The van der Waals surface area contributed by atoms with Crippen molar-refractivity contribution < 1.29 is 19.1 Å². The third-order valence-electron chi connectivity index (χ3n) is 7.09. The van der Waals surface area contributed by atoms with Crippen LogP contribution < -0.4 is 10.1 Å². The third-order valence-corrected chi connectivity index (χ3v) is 8.32. The molecule has 192 valence electrons. The van der Waals surface area contributed by atoms with E-state index in [1.54, 1.807) is 24.3 Å². The molecule has 37 heavy (non-hydrogen) atoms. The van der Waals surface area contributed by atoms with Crippen molar-refractivity contribution in [3.8, 4) is 5.75 Å². The van der Waals surface area contributed by atoms with Crippen LogP contribution in [-0.2, 0) is 14.4 Å². The highest BCUT2D eigenvalue weighted by Gasteiger charge is 2.43. The number of carbonyl (C=O) groups excluding carboxylic acids is 3. The quantitative estimate of drug-likeness (QED) is 0.406. The van der Waals surface area contributed by atoms with Gasteiger partial charge in [0.25, 0.3) is 5.91 Å². The number of amides is 1. The van der Waals surface area contributed by atoms with Gasteiger partial charge in [0, 0.05) is 64.1 Å². The zero-order valence-electron chi connectivity index (χ0n) is 20.2. The average molecular weight is 604 g/mol. The second-order valence-electron chi connectivity index (χ2n) is 9.41. The first-order valence-corrected chi connectivity index (χ1v) is 13.7. The molecule has 0 bridgehead atoms. The Morgan fingerprint density at radius 3 is 2.24 bits per heavy atom. The Morgan fingerprint density at radius 1 is 0.973 bits per heavy atom. The number of nitrogens with zero attached hydrogens (tertiary/aromatic N) is 1. The summed E-state index contributed by atoms with van der Waals surface area (Å²) in [5, 5.41) is 3.48.